The summed E-state index contributed by atoms with van der Waals surface area (Å²) in [5.41, 5.74) is 1.17. The molecule has 0 atom stereocenters. The molecule has 78 valence electrons. The van der Waals surface area contributed by atoms with Crippen LogP contribution in [0.2, 0.25) is 0 Å². The van der Waals surface area contributed by atoms with Gasteiger partial charge in [0.15, 0.2) is 0 Å². The van der Waals surface area contributed by atoms with E-state index in [0.717, 1.165) is 4.90 Å². The second kappa shape index (κ2) is 3.98. The van der Waals surface area contributed by atoms with Gasteiger partial charge in [-0.3, -0.25) is 9.52 Å². The van der Waals surface area contributed by atoms with E-state index in [1.54, 1.807) is 0 Å². The average Bonchev–Trinajstić information content (AvgIpc) is 2.54. The topological polar surface area (TPSA) is 34.0 Å². The molecule has 1 heterocycles. The number of hydrogen-bond acceptors (Lipinski definition) is 2. The Morgan fingerprint density at radius 1 is 1.40 bits per heavy atom. The molecule has 0 aliphatic heterocycles. The molecule has 0 aliphatic rings. The number of aromatic nitrogens is 1. The summed E-state index contributed by atoms with van der Waals surface area (Å²) in [5.74, 6) is -0.0343. The number of nitrogens with one attached hydrogen (secondary N) is 1. The van der Waals surface area contributed by atoms with Gasteiger partial charge in [-0.15, -0.1) is 0 Å². The maximum atomic E-state index is 10.8. The average molecular weight is 220 g/mol. The highest BCUT2D eigenvalue weighted by molar-refractivity contribution is 7.98. The summed E-state index contributed by atoms with van der Waals surface area (Å²) in [5, 5.41) is 1.17. The molecule has 0 bridgehead atoms. The van der Waals surface area contributed by atoms with Crippen LogP contribution in [0.3, 0.4) is 0 Å². The Kier molecular flexibility index (Phi) is 2.68. The molecule has 0 saturated heterocycles. The minimum absolute atomic E-state index is 0.0343. The van der Waals surface area contributed by atoms with Crippen molar-refractivity contribution in [2.45, 2.75) is 11.8 Å². The molecule has 1 amide bonds. The van der Waals surface area contributed by atoms with Crippen molar-refractivity contribution in [3.05, 3.63) is 30.5 Å². The van der Waals surface area contributed by atoms with Crippen LogP contribution in [0, 0.1) is 0 Å². The van der Waals surface area contributed by atoms with Crippen molar-refractivity contribution < 1.29 is 4.79 Å². The number of carbonyl (C=O) groups is 1. The van der Waals surface area contributed by atoms with Crippen LogP contribution >= 0.6 is 11.9 Å². The Morgan fingerprint density at radius 2 is 2.13 bits per heavy atom. The van der Waals surface area contributed by atoms with Gasteiger partial charge in [-0.25, -0.2) is 0 Å². The van der Waals surface area contributed by atoms with Gasteiger partial charge >= 0.3 is 0 Å². The zero-order valence-corrected chi connectivity index (χ0v) is 9.47. The van der Waals surface area contributed by atoms with Crippen LogP contribution in [0.15, 0.2) is 35.4 Å². The van der Waals surface area contributed by atoms with E-state index < -0.39 is 0 Å². The Balaban J connectivity index is 2.39. The number of benzene rings is 1. The fraction of sp³-hybridized carbons (Fsp3) is 0.182. The summed E-state index contributed by atoms with van der Waals surface area (Å²) in [6.45, 7) is 1.51. The van der Waals surface area contributed by atoms with Crippen LogP contribution in [0.25, 0.3) is 10.9 Å². The minimum atomic E-state index is -0.0343. The van der Waals surface area contributed by atoms with Gasteiger partial charge in [-0.2, -0.15) is 0 Å². The second-order valence-corrected chi connectivity index (χ2v) is 4.23. The van der Waals surface area contributed by atoms with E-state index in [0.29, 0.717) is 0 Å². The minimum Gasteiger partial charge on any atom is -0.349 e. The van der Waals surface area contributed by atoms with E-state index in [2.05, 4.69) is 21.4 Å². The highest BCUT2D eigenvalue weighted by Gasteiger charge is 2.06. The lowest BCUT2D eigenvalue weighted by Gasteiger charge is -1.98. The lowest BCUT2D eigenvalue weighted by molar-refractivity contribution is -0.117. The number of carbonyl (C=O) groups excluding carboxylic acids is 1. The molecule has 3 nitrogen and oxygen atoms in total. The lowest BCUT2D eigenvalue weighted by atomic mass is 10.2. The van der Waals surface area contributed by atoms with Crippen molar-refractivity contribution in [2.75, 3.05) is 0 Å². The summed E-state index contributed by atoms with van der Waals surface area (Å²) in [4.78, 5) is 11.9. The number of fused-ring (bicyclic) bond motifs is 1. The largest absolute Gasteiger partial charge is 0.349 e. The monoisotopic (exact) mass is 220 g/mol. The van der Waals surface area contributed by atoms with E-state index in [4.69, 9.17) is 0 Å². The van der Waals surface area contributed by atoms with Crippen LogP contribution in [-0.2, 0) is 11.8 Å². The molecule has 15 heavy (non-hydrogen) atoms. The smallest absolute Gasteiger partial charge is 0.226 e. The number of amides is 1. The third-order valence-electron chi connectivity index (χ3n) is 2.17. The van der Waals surface area contributed by atoms with Gasteiger partial charge in [-0.05, 0) is 18.0 Å². The summed E-state index contributed by atoms with van der Waals surface area (Å²) in [6.07, 6.45) is 2.02. The molecular formula is C11H12N2OS. The van der Waals surface area contributed by atoms with Crippen LogP contribution in [-0.4, -0.2) is 10.5 Å². The first-order chi connectivity index (χ1) is 7.18. The fourth-order valence-electron chi connectivity index (χ4n) is 1.51. The van der Waals surface area contributed by atoms with Gasteiger partial charge in [0.05, 0.1) is 4.90 Å². The maximum absolute atomic E-state index is 10.8. The van der Waals surface area contributed by atoms with Gasteiger partial charge in [0.1, 0.15) is 0 Å². The van der Waals surface area contributed by atoms with Gasteiger partial charge in [0.25, 0.3) is 0 Å². The van der Waals surface area contributed by atoms with Gasteiger partial charge < -0.3 is 4.57 Å². The van der Waals surface area contributed by atoms with E-state index in [1.165, 1.54) is 29.8 Å². The van der Waals surface area contributed by atoms with Crippen LogP contribution in [0.1, 0.15) is 6.92 Å². The highest BCUT2D eigenvalue weighted by atomic mass is 32.2. The van der Waals surface area contributed by atoms with Crippen molar-refractivity contribution in [3.8, 4) is 0 Å². The molecule has 1 N–H and O–H groups in total. The Bertz CT molecular complexity index is 504. The molecule has 2 rings (SSSR count). The van der Waals surface area contributed by atoms with E-state index in [1.807, 2.05) is 25.4 Å². The molecule has 0 radical (unpaired) electrons. The predicted molar refractivity (Wildman–Crippen MR) is 62.6 cm³/mol. The van der Waals surface area contributed by atoms with Crippen LogP contribution in [0.5, 0.6) is 0 Å². The van der Waals surface area contributed by atoms with E-state index >= 15 is 0 Å². The highest BCUT2D eigenvalue weighted by Crippen LogP contribution is 2.27. The standard InChI is InChI=1S/C11H12N2OS/c1-8(14)12-15-11-7-13(2)10-6-4-3-5-9(10)11/h3-7H,1-2H3,(H,12,14). The number of aryl methyl sites for hydroxylation is 1. The number of nitrogens with zero attached hydrogens (tertiary/aromatic N) is 1. The maximum Gasteiger partial charge on any atom is 0.226 e. The molecular weight excluding hydrogens is 208 g/mol. The molecule has 0 spiro atoms. The van der Waals surface area contributed by atoms with Gasteiger partial charge in [-0.1, -0.05) is 18.2 Å². The second-order valence-electron chi connectivity index (χ2n) is 3.38. The Labute approximate surface area is 92.6 Å². The van der Waals surface area contributed by atoms with Gasteiger partial charge in [0.2, 0.25) is 5.91 Å². The first-order valence-electron chi connectivity index (χ1n) is 4.66. The van der Waals surface area contributed by atoms with Crippen LogP contribution in [0.4, 0.5) is 0 Å². The number of para-hydroxylation sites is 1. The summed E-state index contributed by atoms with van der Waals surface area (Å²) in [7, 11) is 2.00. The Hall–Kier alpha value is -1.42. The SMILES string of the molecule is CC(=O)NSc1cn(C)c2ccccc12. The van der Waals surface area contributed by atoms with Crippen molar-refractivity contribution in [1.82, 2.24) is 9.29 Å². The third-order valence-corrected chi connectivity index (χ3v) is 3.10. The number of hydrogen-bond donors (Lipinski definition) is 1. The Morgan fingerprint density at radius 3 is 2.87 bits per heavy atom. The van der Waals surface area contributed by atoms with E-state index in [-0.39, 0.29) is 5.91 Å². The van der Waals surface area contributed by atoms with Crippen molar-refractivity contribution >= 4 is 28.8 Å². The molecule has 2 aromatic rings. The molecule has 4 heteroatoms. The van der Waals surface area contributed by atoms with Crippen molar-refractivity contribution in [3.63, 3.8) is 0 Å². The molecule has 1 aromatic heterocycles. The lowest BCUT2D eigenvalue weighted by Crippen LogP contribution is -2.09. The molecule has 0 fully saturated rings. The molecule has 1 aromatic carbocycles. The zero-order valence-electron chi connectivity index (χ0n) is 8.65. The number of rotatable bonds is 2. The third kappa shape index (κ3) is 1.99. The van der Waals surface area contributed by atoms with E-state index in [9.17, 15) is 4.79 Å². The quantitative estimate of drug-likeness (QED) is 0.788. The summed E-state index contributed by atoms with van der Waals surface area (Å²) < 4.78 is 4.79. The predicted octanol–water partition coefficient (Wildman–Crippen LogP) is 2.32. The fourth-order valence-corrected chi connectivity index (χ4v) is 2.26. The van der Waals surface area contributed by atoms with Crippen LogP contribution < -0.4 is 4.72 Å². The first kappa shape index (κ1) is 10.1. The summed E-state index contributed by atoms with van der Waals surface area (Å²) in [6, 6.07) is 8.13. The summed E-state index contributed by atoms with van der Waals surface area (Å²) >= 11 is 1.36. The normalized spacial score (nSPS) is 10.5. The molecule has 0 unspecified atom stereocenters. The van der Waals surface area contributed by atoms with Crippen molar-refractivity contribution in [1.29, 1.82) is 0 Å². The zero-order chi connectivity index (χ0) is 10.8. The molecule has 0 aliphatic carbocycles. The van der Waals surface area contributed by atoms with Crippen molar-refractivity contribution in [2.24, 2.45) is 7.05 Å². The first-order valence-corrected chi connectivity index (χ1v) is 5.47. The molecule has 0 saturated carbocycles. The van der Waals surface area contributed by atoms with Gasteiger partial charge in [0, 0.05) is 31.1 Å².